The zero-order valence-electron chi connectivity index (χ0n) is 9.91. The van der Waals surface area contributed by atoms with Gasteiger partial charge in [-0.15, -0.1) is 0 Å². The van der Waals surface area contributed by atoms with Crippen molar-refractivity contribution in [1.82, 2.24) is 0 Å². The summed E-state index contributed by atoms with van der Waals surface area (Å²) >= 11 is 0. The number of alkyl halides is 2. The van der Waals surface area contributed by atoms with Crippen LogP contribution >= 0.6 is 0 Å². The molecule has 1 N–H and O–H groups in total. The molecule has 19 heavy (non-hydrogen) atoms. The number of hydrogen-bond acceptors (Lipinski definition) is 4. The summed E-state index contributed by atoms with van der Waals surface area (Å²) in [5.41, 5.74) is -0.928. The highest BCUT2D eigenvalue weighted by Crippen LogP contribution is 2.39. The van der Waals surface area contributed by atoms with Gasteiger partial charge in [0.25, 0.3) is 11.7 Å². The summed E-state index contributed by atoms with van der Waals surface area (Å²) < 4.78 is 36.9. The summed E-state index contributed by atoms with van der Waals surface area (Å²) in [6.45, 7) is 0.911. The minimum absolute atomic E-state index is 0.0464. The summed E-state index contributed by atoms with van der Waals surface area (Å²) in [7, 11) is 0. The molecule has 1 aromatic carbocycles. The van der Waals surface area contributed by atoms with Crippen LogP contribution in [0.2, 0.25) is 0 Å². The Morgan fingerprint density at radius 3 is 2.47 bits per heavy atom. The van der Waals surface area contributed by atoms with Crippen LogP contribution in [0.3, 0.4) is 0 Å². The zero-order valence-corrected chi connectivity index (χ0v) is 9.91. The summed E-state index contributed by atoms with van der Waals surface area (Å²) in [4.78, 5) is 22.2. The molecule has 0 aromatic heterocycles. The predicted octanol–water partition coefficient (Wildman–Crippen LogP) is 1.84. The quantitative estimate of drug-likeness (QED) is 0.671. The molecule has 1 aliphatic heterocycles. The van der Waals surface area contributed by atoms with E-state index in [9.17, 15) is 18.4 Å². The van der Waals surface area contributed by atoms with Crippen molar-refractivity contribution in [3.05, 3.63) is 23.3 Å². The summed E-state index contributed by atoms with van der Waals surface area (Å²) in [5, 5.41) is 8.70. The third kappa shape index (κ3) is 2.49. The van der Waals surface area contributed by atoms with E-state index in [-0.39, 0.29) is 24.7 Å². The molecule has 5 nitrogen and oxygen atoms in total. The van der Waals surface area contributed by atoms with Crippen molar-refractivity contribution in [2.24, 2.45) is 0 Å². The summed E-state index contributed by atoms with van der Waals surface area (Å²) in [6, 6.07) is 1.87. The molecule has 0 amide bonds. The van der Waals surface area contributed by atoms with Gasteiger partial charge < -0.3 is 14.6 Å². The highest BCUT2D eigenvalue weighted by atomic mass is 19.3. The average Bonchev–Trinajstić information content (AvgIpc) is 2.35. The highest BCUT2D eigenvalue weighted by Gasteiger charge is 2.32. The van der Waals surface area contributed by atoms with Crippen LogP contribution in [-0.4, -0.2) is 30.1 Å². The Morgan fingerprint density at radius 2 is 1.89 bits per heavy atom. The smallest absolute Gasteiger partial charge is 0.377 e. The molecule has 1 aliphatic rings. The maximum Gasteiger partial charge on any atom is 0.377 e. The zero-order chi connectivity index (χ0) is 14.2. The number of ketones is 1. The lowest BCUT2D eigenvalue weighted by molar-refractivity contribution is -0.131. The molecule has 0 saturated carbocycles. The van der Waals surface area contributed by atoms with Crippen LogP contribution in [0.1, 0.15) is 22.8 Å². The minimum atomic E-state index is -3.22. The first-order valence-corrected chi connectivity index (χ1v) is 5.40. The fraction of sp³-hybridized carbons (Fsp3) is 0.333. The van der Waals surface area contributed by atoms with Gasteiger partial charge in [-0.3, -0.25) is 4.79 Å². The molecule has 2 rings (SSSR count). The summed E-state index contributed by atoms with van der Waals surface area (Å²) in [6.07, 6.45) is 0. The Bertz CT molecular complexity index is 548. The van der Waals surface area contributed by atoms with E-state index in [0.29, 0.717) is 6.92 Å². The second-order valence-corrected chi connectivity index (χ2v) is 4.07. The monoisotopic (exact) mass is 272 g/mol. The maximum atomic E-state index is 13.3. The first-order valence-electron chi connectivity index (χ1n) is 5.40. The van der Waals surface area contributed by atoms with Crippen LogP contribution < -0.4 is 9.47 Å². The molecular weight excluding hydrogens is 262 g/mol. The topological polar surface area (TPSA) is 72.8 Å². The fourth-order valence-corrected chi connectivity index (χ4v) is 1.69. The van der Waals surface area contributed by atoms with Crippen molar-refractivity contribution in [1.29, 1.82) is 0 Å². The van der Waals surface area contributed by atoms with Crippen LogP contribution in [0.5, 0.6) is 11.5 Å². The molecule has 1 aromatic rings. The molecule has 102 valence electrons. The Labute approximate surface area is 106 Å². The van der Waals surface area contributed by atoms with Crippen molar-refractivity contribution in [3.8, 4) is 11.5 Å². The van der Waals surface area contributed by atoms with Crippen molar-refractivity contribution < 1.29 is 33.0 Å². The van der Waals surface area contributed by atoms with Crippen LogP contribution in [0, 0.1) is 0 Å². The van der Waals surface area contributed by atoms with E-state index >= 15 is 0 Å². The van der Waals surface area contributed by atoms with Gasteiger partial charge in [0.1, 0.15) is 13.2 Å². The lowest BCUT2D eigenvalue weighted by Gasteiger charge is -2.22. The number of carboxylic acids is 1. The van der Waals surface area contributed by atoms with Crippen molar-refractivity contribution in [3.63, 3.8) is 0 Å². The Balaban J connectivity index is 2.62. The van der Waals surface area contributed by atoms with E-state index in [1.54, 1.807) is 0 Å². The van der Waals surface area contributed by atoms with Gasteiger partial charge in [-0.25, -0.2) is 13.6 Å². The summed E-state index contributed by atoms with van der Waals surface area (Å²) in [5.74, 6) is -6.43. The number of hydrogen-bond donors (Lipinski definition) is 1. The number of carbonyl (C=O) groups is 2. The lowest BCUT2D eigenvalue weighted by Crippen LogP contribution is -2.22. The first kappa shape index (κ1) is 13.3. The van der Waals surface area contributed by atoms with E-state index in [4.69, 9.17) is 14.6 Å². The van der Waals surface area contributed by atoms with Crippen LogP contribution in [0.15, 0.2) is 12.1 Å². The number of ether oxygens (including phenoxy) is 2. The second-order valence-electron chi connectivity index (χ2n) is 4.07. The molecule has 0 radical (unpaired) electrons. The van der Waals surface area contributed by atoms with Crippen molar-refractivity contribution in [2.75, 3.05) is 13.2 Å². The molecule has 0 saturated heterocycles. The molecule has 0 unspecified atom stereocenters. The molecule has 7 heteroatoms. The number of rotatable bonds is 3. The third-order valence-electron chi connectivity index (χ3n) is 2.59. The molecule has 0 spiro atoms. The highest BCUT2D eigenvalue weighted by molar-refractivity contribution is 6.40. The van der Waals surface area contributed by atoms with Crippen molar-refractivity contribution in [2.45, 2.75) is 12.8 Å². The Morgan fingerprint density at radius 1 is 1.26 bits per heavy atom. The largest absolute Gasteiger partial charge is 0.486 e. The second kappa shape index (κ2) is 4.49. The van der Waals surface area contributed by atoms with Gasteiger partial charge in [0.05, 0.1) is 5.56 Å². The van der Waals surface area contributed by atoms with Crippen molar-refractivity contribution >= 4 is 11.8 Å². The van der Waals surface area contributed by atoms with E-state index in [2.05, 4.69) is 0 Å². The van der Waals surface area contributed by atoms with Gasteiger partial charge in [-0.2, -0.15) is 0 Å². The van der Waals surface area contributed by atoms with Gasteiger partial charge in [0.2, 0.25) is 0 Å². The third-order valence-corrected chi connectivity index (χ3v) is 2.59. The Kier molecular flexibility index (Phi) is 3.13. The molecular formula is C12H10F2O5. The molecule has 0 atom stereocenters. The first-order chi connectivity index (χ1) is 8.80. The van der Waals surface area contributed by atoms with Gasteiger partial charge in [-0.1, -0.05) is 0 Å². The number of aliphatic carboxylic acids is 1. The van der Waals surface area contributed by atoms with Crippen LogP contribution in [0.25, 0.3) is 0 Å². The molecule has 1 heterocycles. The van der Waals surface area contributed by atoms with E-state index in [1.807, 2.05) is 0 Å². The van der Waals surface area contributed by atoms with Crippen LogP contribution in [-0.2, 0) is 10.7 Å². The SMILES string of the molecule is CC(F)(F)c1cc2c(c(C(=O)C(=O)O)c1)OCCO2. The predicted molar refractivity (Wildman–Crippen MR) is 59.0 cm³/mol. The number of halogens is 2. The number of carbonyl (C=O) groups excluding carboxylic acids is 1. The number of carboxylic acid groups (broad SMARTS) is 1. The molecule has 0 bridgehead atoms. The van der Waals surface area contributed by atoms with E-state index in [0.717, 1.165) is 12.1 Å². The lowest BCUT2D eigenvalue weighted by atomic mass is 10.0. The minimum Gasteiger partial charge on any atom is -0.486 e. The molecule has 0 aliphatic carbocycles. The number of Topliss-reactive ketones (excluding diaryl/α,β-unsaturated/α-hetero) is 1. The number of benzene rings is 1. The average molecular weight is 272 g/mol. The van der Waals surface area contributed by atoms with Gasteiger partial charge in [0, 0.05) is 12.5 Å². The van der Waals surface area contributed by atoms with E-state index in [1.165, 1.54) is 0 Å². The van der Waals surface area contributed by atoms with Gasteiger partial charge >= 0.3 is 5.97 Å². The fourth-order valence-electron chi connectivity index (χ4n) is 1.69. The normalized spacial score (nSPS) is 14.1. The molecule has 0 fully saturated rings. The maximum absolute atomic E-state index is 13.3. The number of fused-ring (bicyclic) bond motifs is 1. The van der Waals surface area contributed by atoms with Gasteiger partial charge in [0.15, 0.2) is 11.5 Å². The van der Waals surface area contributed by atoms with Gasteiger partial charge in [-0.05, 0) is 12.1 Å². The Hall–Kier alpha value is -2.18. The van der Waals surface area contributed by atoms with Crippen LogP contribution in [0.4, 0.5) is 8.78 Å². The van der Waals surface area contributed by atoms with E-state index < -0.39 is 28.8 Å². The standard InChI is InChI=1S/C12H10F2O5/c1-12(13,14)6-4-7(9(15)11(16)17)10-8(5-6)18-2-3-19-10/h4-5H,2-3H2,1H3,(H,16,17).